The SMILES string of the molecule is CCOC(=O)C1CCN(CC(=O)N2N=C(c3ccccc3)C[C@H]2c2ccccc2Cl)CC1. The molecule has 32 heavy (non-hydrogen) atoms. The highest BCUT2D eigenvalue weighted by atomic mass is 35.5. The van der Waals surface area contributed by atoms with Crippen LogP contribution in [0.25, 0.3) is 0 Å². The van der Waals surface area contributed by atoms with Crippen LogP contribution in [0.1, 0.15) is 43.4 Å². The molecule has 2 aliphatic rings. The second kappa shape index (κ2) is 10.3. The maximum Gasteiger partial charge on any atom is 0.309 e. The lowest BCUT2D eigenvalue weighted by atomic mass is 9.97. The van der Waals surface area contributed by atoms with E-state index in [1.54, 1.807) is 5.01 Å². The van der Waals surface area contributed by atoms with Gasteiger partial charge in [0.15, 0.2) is 0 Å². The van der Waals surface area contributed by atoms with Gasteiger partial charge in [-0.25, -0.2) is 5.01 Å². The quantitative estimate of drug-likeness (QED) is 0.612. The van der Waals surface area contributed by atoms with Gasteiger partial charge in [0.1, 0.15) is 0 Å². The third-order valence-corrected chi connectivity index (χ3v) is 6.45. The molecule has 2 aromatic rings. The summed E-state index contributed by atoms with van der Waals surface area (Å²) in [5.41, 5.74) is 2.79. The van der Waals surface area contributed by atoms with E-state index in [1.165, 1.54) is 0 Å². The minimum absolute atomic E-state index is 0.0598. The topological polar surface area (TPSA) is 62.2 Å². The fraction of sp³-hybridized carbons (Fsp3) is 0.400. The Labute approximate surface area is 193 Å². The molecule has 7 heteroatoms. The standard InChI is InChI=1S/C25H28ClN3O3/c1-2-32-25(31)19-12-14-28(15-13-19)17-24(30)29-23(20-10-6-7-11-21(20)26)16-22(27-29)18-8-4-3-5-9-18/h3-11,19,23H,2,12-17H2,1H3/t23-/m0/s1. The summed E-state index contributed by atoms with van der Waals surface area (Å²) in [5, 5.41) is 6.96. The van der Waals surface area contributed by atoms with Gasteiger partial charge < -0.3 is 4.74 Å². The number of carbonyl (C=O) groups is 2. The van der Waals surface area contributed by atoms with Crippen LogP contribution in [0.2, 0.25) is 5.02 Å². The highest BCUT2D eigenvalue weighted by molar-refractivity contribution is 6.31. The van der Waals surface area contributed by atoms with Gasteiger partial charge in [-0.15, -0.1) is 0 Å². The number of likely N-dealkylation sites (tertiary alicyclic amines) is 1. The van der Waals surface area contributed by atoms with Gasteiger partial charge in [-0.2, -0.15) is 5.10 Å². The molecule has 1 fully saturated rings. The van der Waals surface area contributed by atoms with Crippen LogP contribution in [-0.2, 0) is 14.3 Å². The molecular weight excluding hydrogens is 426 g/mol. The van der Waals surface area contributed by atoms with Crippen molar-refractivity contribution >= 4 is 29.2 Å². The molecule has 6 nitrogen and oxygen atoms in total. The van der Waals surface area contributed by atoms with Gasteiger partial charge in [-0.1, -0.05) is 60.1 Å². The van der Waals surface area contributed by atoms with Crippen molar-refractivity contribution in [2.75, 3.05) is 26.2 Å². The zero-order valence-electron chi connectivity index (χ0n) is 18.2. The molecule has 2 aliphatic heterocycles. The van der Waals surface area contributed by atoms with E-state index in [9.17, 15) is 9.59 Å². The number of esters is 1. The van der Waals surface area contributed by atoms with Crippen molar-refractivity contribution in [3.8, 4) is 0 Å². The van der Waals surface area contributed by atoms with Gasteiger partial charge in [-0.3, -0.25) is 14.5 Å². The summed E-state index contributed by atoms with van der Waals surface area (Å²) in [6.07, 6.45) is 2.03. The molecule has 0 N–H and O–H groups in total. The number of hydrogen-bond donors (Lipinski definition) is 0. The van der Waals surface area contributed by atoms with Crippen LogP contribution in [0.5, 0.6) is 0 Å². The molecule has 168 valence electrons. The first kappa shape index (κ1) is 22.5. The molecule has 0 saturated carbocycles. The number of nitrogens with zero attached hydrogens (tertiary/aromatic N) is 3. The van der Waals surface area contributed by atoms with E-state index in [2.05, 4.69) is 4.90 Å². The minimum atomic E-state index is -0.233. The highest BCUT2D eigenvalue weighted by Crippen LogP contribution is 2.36. The van der Waals surface area contributed by atoms with Crippen molar-refractivity contribution in [3.05, 3.63) is 70.7 Å². The zero-order valence-corrected chi connectivity index (χ0v) is 19.0. The number of amides is 1. The summed E-state index contributed by atoms with van der Waals surface area (Å²) in [4.78, 5) is 27.4. The molecule has 0 spiro atoms. The van der Waals surface area contributed by atoms with Gasteiger partial charge in [0.05, 0.1) is 30.8 Å². The summed E-state index contributed by atoms with van der Waals surface area (Å²) in [5.74, 6) is -0.268. The predicted molar refractivity (Wildman–Crippen MR) is 124 cm³/mol. The first-order valence-electron chi connectivity index (χ1n) is 11.1. The second-order valence-corrected chi connectivity index (χ2v) is 8.60. The van der Waals surface area contributed by atoms with Crippen LogP contribution in [-0.4, -0.2) is 53.7 Å². The molecule has 1 saturated heterocycles. The van der Waals surface area contributed by atoms with Gasteiger partial charge in [0.2, 0.25) is 0 Å². The number of piperidine rings is 1. The minimum Gasteiger partial charge on any atom is -0.466 e. The third kappa shape index (κ3) is 5.03. The second-order valence-electron chi connectivity index (χ2n) is 8.19. The fourth-order valence-electron chi connectivity index (χ4n) is 4.38. The normalized spacial score (nSPS) is 19.6. The first-order valence-corrected chi connectivity index (χ1v) is 11.5. The fourth-order valence-corrected chi connectivity index (χ4v) is 4.65. The predicted octanol–water partition coefficient (Wildman–Crippen LogP) is 4.29. The van der Waals surface area contributed by atoms with Crippen molar-refractivity contribution in [2.24, 2.45) is 11.0 Å². The number of hydrogen-bond acceptors (Lipinski definition) is 5. The molecule has 0 aliphatic carbocycles. The molecule has 0 aromatic heterocycles. The molecule has 0 unspecified atom stereocenters. The van der Waals surface area contributed by atoms with Crippen molar-refractivity contribution < 1.29 is 14.3 Å². The lowest BCUT2D eigenvalue weighted by Crippen LogP contribution is -2.43. The number of hydrazone groups is 1. The largest absolute Gasteiger partial charge is 0.466 e. The van der Waals surface area contributed by atoms with Crippen molar-refractivity contribution in [1.82, 2.24) is 9.91 Å². The van der Waals surface area contributed by atoms with Crippen molar-refractivity contribution in [1.29, 1.82) is 0 Å². The number of halogens is 1. The first-order chi connectivity index (χ1) is 15.6. The van der Waals surface area contributed by atoms with Crippen LogP contribution in [0, 0.1) is 5.92 Å². The van der Waals surface area contributed by atoms with E-state index in [0.717, 1.165) is 16.8 Å². The zero-order chi connectivity index (χ0) is 22.5. The van der Waals surface area contributed by atoms with Gasteiger partial charge in [-0.05, 0) is 50.0 Å². The Morgan fingerprint density at radius 3 is 2.44 bits per heavy atom. The Bertz CT molecular complexity index is 987. The van der Waals surface area contributed by atoms with E-state index in [0.29, 0.717) is 44.0 Å². The smallest absolute Gasteiger partial charge is 0.309 e. The summed E-state index contributed by atoms with van der Waals surface area (Å²) < 4.78 is 5.14. The van der Waals surface area contributed by atoms with Gasteiger partial charge in [0.25, 0.3) is 5.91 Å². The van der Waals surface area contributed by atoms with E-state index in [-0.39, 0.29) is 30.4 Å². The molecule has 2 heterocycles. The van der Waals surface area contributed by atoms with Crippen molar-refractivity contribution in [3.63, 3.8) is 0 Å². The number of carbonyl (C=O) groups excluding carboxylic acids is 2. The Hall–Kier alpha value is -2.70. The average molecular weight is 454 g/mol. The molecule has 0 bridgehead atoms. The number of benzene rings is 2. The van der Waals surface area contributed by atoms with Crippen LogP contribution in [0.3, 0.4) is 0 Å². The van der Waals surface area contributed by atoms with Crippen LogP contribution >= 0.6 is 11.6 Å². The molecule has 2 aromatic carbocycles. The Morgan fingerprint density at radius 2 is 1.75 bits per heavy atom. The van der Waals surface area contributed by atoms with Crippen LogP contribution in [0.15, 0.2) is 59.7 Å². The Morgan fingerprint density at radius 1 is 1.06 bits per heavy atom. The summed E-state index contributed by atoms with van der Waals surface area (Å²) in [6.45, 7) is 3.87. The lowest BCUT2D eigenvalue weighted by molar-refractivity contribution is -0.149. The van der Waals surface area contributed by atoms with E-state index >= 15 is 0 Å². The summed E-state index contributed by atoms with van der Waals surface area (Å²) >= 11 is 6.49. The van der Waals surface area contributed by atoms with Gasteiger partial charge >= 0.3 is 5.97 Å². The van der Waals surface area contributed by atoms with Gasteiger partial charge in [0, 0.05) is 11.4 Å². The maximum absolute atomic E-state index is 13.3. The maximum atomic E-state index is 13.3. The monoisotopic (exact) mass is 453 g/mol. The molecule has 1 amide bonds. The lowest BCUT2D eigenvalue weighted by Gasteiger charge is -2.32. The number of rotatable bonds is 6. The Kier molecular flexibility index (Phi) is 7.22. The van der Waals surface area contributed by atoms with E-state index < -0.39 is 0 Å². The average Bonchev–Trinajstić information content (AvgIpc) is 3.26. The van der Waals surface area contributed by atoms with Crippen LogP contribution < -0.4 is 0 Å². The number of ether oxygens (including phenoxy) is 1. The molecule has 1 atom stereocenters. The van der Waals surface area contributed by atoms with Crippen LogP contribution in [0.4, 0.5) is 0 Å². The molecular formula is C25H28ClN3O3. The Balaban J connectivity index is 1.48. The van der Waals surface area contributed by atoms with E-state index in [4.69, 9.17) is 21.4 Å². The highest BCUT2D eigenvalue weighted by Gasteiger charge is 2.35. The van der Waals surface area contributed by atoms with Crippen molar-refractivity contribution in [2.45, 2.75) is 32.2 Å². The summed E-state index contributed by atoms with van der Waals surface area (Å²) in [6, 6.07) is 17.3. The molecule has 4 rings (SSSR count). The van der Waals surface area contributed by atoms with E-state index in [1.807, 2.05) is 61.5 Å². The third-order valence-electron chi connectivity index (χ3n) is 6.10. The molecule has 0 radical (unpaired) electrons. The summed E-state index contributed by atoms with van der Waals surface area (Å²) in [7, 11) is 0.